The molecule has 144 valence electrons. The van der Waals surface area contributed by atoms with Crippen molar-refractivity contribution in [2.75, 3.05) is 12.0 Å². The van der Waals surface area contributed by atoms with E-state index in [1.54, 1.807) is 48.5 Å². The molecule has 0 aliphatic rings. The molecule has 0 spiro atoms. The van der Waals surface area contributed by atoms with Gasteiger partial charge in [-0.2, -0.15) is 4.90 Å². The van der Waals surface area contributed by atoms with Crippen LogP contribution in [0.3, 0.4) is 0 Å². The van der Waals surface area contributed by atoms with Gasteiger partial charge < -0.3 is 14.2 Å². The number of anilines is 1. The first-order chi connectivity index (χ1) is 11.7. The lowest BCUT2D eigenvalue weighted by Gasteiger charge is -2.28. The van der Waals surface area contributed by atoms with Gasteiger partial charge in [0.2, 0.25) is 0 Å². The summed E-state index contributed by atoms with van der Waals surface area (Å²) in [6.07, 6.45) is -0.586. The fraction of sp³-hybridized carbons (Fsp3) is 0.556. The summed E-state index contributed by atoms with van der Waals surface area (Å²) < 4.78 is 15.3. The van der Waals surface area contributed by atoms with Gasteiger partial charge in [0.1, 0.15) is 11.2 Å². The second-order valence-corrected chi connectivity index (χ2v) is 7.61. The number of hydrogen-bond acceptors (Lipinski definition) is 7. The Morgan fingerprint density at radius 3 is 1.81 bits per heavy atom. The van der Waals surface area contributed by atoms with Crippen molar-refractivity contribution in [2.45, 2.75) is 59.7 Å². The van der Waals surface area contributed by atoms with Crippen molar-refractivity contribution in [1.82, 2.24) is 4.98 Å². The molecule has 1 rings (SSSR count). The van der Waals surface area contributed by atoms with E-state index >= 15 is 0 Å². The summed E-state index contributed by atoms with van der Waals surface area (Å²) in [5, 5.41) is 0. The molecule has 1 heterocycles. The van der Waals surface area contributed by atoms with Gasteiger partial charge in [0.25, 0.3) is 0 Å². The number of hydrogen-bond donors (Lipinski definition) is 0. The number of aryl methyl sites for hydroxylation is 1. The minimum atomic E-state index is -0.937. The van der Waals surface area contributed by atoms with E-state index in [9.17, 15) is 14.4 Å². The van der Waals surface area contributed by atoms with Crippen molar-refractivity contribution in [3.63, 3.8) is 0 Å². The third-order valence-electron chi connectivity index (χ3n) is 2.89. The molecule has 0 fully saturated rings. The topological polar surface area (TPSA) is 95.0 Å². The number of amides is 2. The Balaban J connectivity index is 3.38. The third-order valence-corrected chi connectivity index (χ3v) is 2.89. The largest absolute Gasteiger partial charge is 0.465 e. The van der Waals surface area contributed by atoms with Crippen LogP contribution in [0, 0.1) is 6.92 Å². The Kier molecular flexibility index (Phi) is 6.35. The molecule has 0 saturated heterocycles. The second kappa shape index (κ2) is 7.72. The van der Waals surface area contributed by atoms with Gasteiger partial charge in [-0.15, -0.1) is 0 Å². The van der Waals surface area contributed by atoms with Gasteiger partial charge in [-0.1, -0.05) is 0 Å². The van der Waals surface area contributed by atoms with Gasteiger partial charge in [0.15, 0.2) is 0 Å². The number of esters is 1. The zero-order valence-corrected chi connectivity index (χ0v) is 16.5. The highest BCUT2D eigenvalue weighted by Gasteiger charge is 2.33. The van der Waals surface area contributed by atoms with Crippen LogP contribution in [0.2, 0.25) is 0 Å². The maximum Gasteiger partial charge on any atom is 0.424 e. The molecule has 1 aromatic heterocycles. The lowest BCUT2D eigenvalue weighted by molar-refractivity contribution is 0.0428. The number of rotatable bonds is 2. The molecule has 2 amide bonds. The van der Waals surface area contributed by atoms with E-state index in [0.29, 0.717) is 10.6 Å². The van der Waals surface area contributed by atoms with E-state index in [1.165, 1.54) is 19.4 Å². The Morgan fingerprint density at radius 1 is 0.962 bits per heavy atom. The highest BCUT2D eigenvalue weighted by molar-refractivity contribution is 6.10. The summed E-state index contributed by atoms with van der Waals surface area (Å²) in [5.74, 6) is -0.634. The quantitative estimate of drug-likeness (QED) is 0.579. The van der Waals surface area contributed by atoms with Crippen LogP contribution in [-0.2, 0) is 14.2 Å². The lowest BCUT2D eigenvalue weighted by Crippen LogP contribution is -2.44. The molecular formula is C18H26N2O6. The molecule has 26 heavy (non-hydrogen) atoms. The standard InChI is InChI=1S/C18H26N2O6/c1-11-13(14(21)24-8)9-12(10-19-11)20(15(22)25-17(2,3)4)16(23)26-18(5,6)7/h9-10H,1-8H3. The third kappa shape index (κ3) is 6.02. The molecule has 8 heteroatoms. The van der Waals surface area contributed by atoms with Crippen molar-refractivity contribution in [1.29, 1.82) is 0 Å². The SMILES string of the molecule is COC(=O)c1cc(N(C(=O)OC(C)(C)C)C(=O)OC(C)(C)C)cnc1C. The van der Waals surface area contributed by atoms with Gasteiger partial charge in [0.05, 0.1) is 30.3 Å². The Labute approximate surface area is 153 Å². The van der Waals surface area contributed by atoms with Crippen LogP contribution in [0.15, 0.2) is 12.3 Å². The maximum absolute atomic E-state index is 12.6. The molecule has 0 aliphatic carbocycles. The number of carbonyl (C=O) groups excluding carboxylic acids is 3. The van der Waals surface area contributed by atoms with E-state index in [2.05, 4.69) is 4.98 Å². The summed E-state index contributed by atoms with van der Waals surface area (Å²) in [4.78, 5) is 41.8. The van der Waals surface area contributed by atoms with Crippen LogP contribution in [0.5, 0.6) is 0 Å². The minimum Gasteiger partial charge on any atom is -0.465 e. The van der Waals surface area contributed by atoms with Gasteiger partial charge >= 0.3 is 18.2 Å². The fourth-order valence-corrected chi connectivity index (χ4v) is 1.86. The summed E-state index contributed by atoms with van der Waals surface area (Å²) in [6, 6.07) is 1.34. The van der Waals surface area contributed by atoms with Crippen LogP contribution in [0.25, 0.3) is 0 Å². The molecule has 0 unspecified atom stereocenters. The van der Waals surface area contributed by atoms with Crippen molar-refractivity contribution in [2.24, 2.45) is 0 Å². The summed E-state index contributed by atoms with van der Waals surface area (Å²) in [7, 11) is 1.23. The highest BCUT2D eigenvalue weighted by atomic mass is 16.6. The first-order valence-electron chi connectivity index (χ1n) is 8.06. The first kappa shape index (κ1) is 21.4. The number of pyridine rings is 1. The molecule has 0 saturated carbocycles. The monoisotopic (exact) mass is 366 g/mol. The van der Waals surface area contributed by atoms with Gasteiger partial charge in [-0.05, 0) is 54.5 Å². The average Bonchev–Trinajstić information content (AvgIpc) is 2.44. The van der Waals surface area contributed by atoms with E-state index in [4.69, 9.17) is 14.2 Å². The van der Waals surface area contributed by atoms with Crippen LogP contribution in [0.4, 0.5) is 15.3 Å². The molecule has 0 aliphatic heterocycles. The van der Waals surface area contributed by atoms with Crippen LogP contribution in [0.1, 0.15) is 57.6 Å². The Morgan fingerprint density at radius 2 is 1.42 bits per heavy atom. The predicted molar refractivity (Wildman–Crippen MR) is 95.3 cm³/mol. The number of methoxy groups -OCH3 is 1. The molecule has 0 aromatic carbocycles. The van der Waals surface area contributed by atoms with Crippen LogP contribution < -0.4 is 4.90 Å². The predicted octanol–water partition coefficient (Wildman–Crippen LogP) is 3.85. The minimum absolute atomic E-state index is 0.0412. The molecule has 0 bridgehead atoms. The van der Waals surface area contributed by atoms with E-state index in [1.807, 2.05) is 0 Å². The Hall–Kier alpha value is -2.64. The molecule has 0 N–H and O–H groups in total. The molecule has 8 nitrogen and oxygen atoms in total. The number of ether oxygens (including phenoxy) is 3. The molecular weight excluding hydrogens is 340 g/mol. The zero-order valence-electron chi connectivity index (χ0n) is 16.5. The number of imide groups is 1. The molecule has 0 atom stereocenters. The highest BCUT2D eigenvalue weighted by Crippen LogP contribution is 2.23. The molecule has 1 aromatic rings. The number of aromatic nitrogens is 1. The van der Waals surface area contributed by atoms with E-state index in [-0.39, 0.29) is 11.3 Å². The normalized spacial score (nSPS) is 11.5. The van der Waals surface area contributed by atoms with Crippen LogP contribution in [-0.4, -0.2) is 41.5 Å². The van der Waals surface area contributed by atoms with E-state index < -0.39 is 29.4 Å². The van der Waals surface area contributed by atoms with Crippen molar-refractivity contribution in [3.8, 4) is 0 Å². The van der Waals surface area contributed by atoms with E-state index in [0.717, 1.165) is 0 Å². The van der Waals surface area contributed by atoms with Crippen molar-refractivity contribution >= 4 is 23.8 Å². The van der Waals surface area contributed by atoms with Crippen molar-refractivity contribution in [3.05, 3.63) is 23.5 Å². The Bertz CT molecular complexity index is 673. The summed E-state index contributed by atoms with van der Waals surface area (Å²) in [5.41, 5.74) is -1.10. The zero-order chi connectivity index (χ0) is 20.3. The summed E-state index contributed by atoms with van der Waals surface area (Å²) >= 11 is 0. The average molecular weight is 366 g/mol. The smallest absolute Gasteiger partial charge is 0.424 e. The van der Waals surface area contributed by atoms with Gasteiger partial charge in [-0.3, -0.25) is 4.98 Å². The second-order valence-electron chi connectivity index (χ2n) is 7.61. The molecule has 0 radical (unpaired) electrons. The van der Waals surface area contributed by atoms with Crippen molar-refractivity contribution < 1.29 is 28.6 Å². The fourth-order valence-electron chi connectivity index (χ4n) is 1.86. The number of carbonyl (C=O) groups is 3. The maximum atomic E-state index is 12.6. The number of nitrogens with zero attached hydrogens (tertiary/aromatic N) is 2. The van der Waals surface area contributed by atoms with Gasteiger partial charge in [0, 0.05) is 0 Å². The van der Waals surface area contributed by atoms with Crippen LogP contribution >= 0.6 is 0 Å². The first-order valence-corrected chi connectivity index (χ1v) is 8.06. The summed E-state index contributed by atoms with van der Waals surface area (Å²) in [6.45, 7) is 11.6. The van der Waals surface area contributed by atoms with Gasteiger partial charge in [-0.25, -0.2) is 14.4 Å². The lowest BCUT2D eigenvalue weighted by atomic mass is 10.2.